The van der Waals surface area contributed by atoms with Gasteiger partial charge in [-0.15, -0.1) is 0 Å². The third kappa shape index (κ3) is 6.01. The zero-order valence-corrected chi connectivity index (χ0v) is 19.5. The number of aliphatic hydroxyl groups excluding tert-OH is 1. The molecule has 0 fully saturated rings. The van der Waals surface area contributed by atoms with E-state index in [2.05, 4.69) is 10.6 Å². The molecule has 0 radical (unpaired) electrons. The first-order chi connectivity index (χ1) is 15.2. The fourth-order valence-electron chi connectivity index (χ4n) is 3.09. The summed E-state index contributed by atoms with van der Waals surface area (Å²) < 4.78 is 25.4. The summed E-state index contributed by atoms with van der Waals surface area (Å²) in [6.07, 6.45) is 0. The Kier molecular flexibility index (Phi) is 7.79. The molecule has 0 saturated heterocycles. The lowest BCUT2D eigenvalue weighted by atomic mass is 10.1. The third-order valence-corrected chi connectivity index (χ3v) is 7.37. The monoisotopic (exact) mass is 492 g/mol. The molecule has 3 aromatic rings. The molecule has 0 aromatic heterocycles. The fraction of sp³-hybridized carbons (Fsp3) is 0.174. The van der Waals surface area contributed by atoms with Crippen molar-refractivity contribution in [2.24, 2.45) is 0 Å². The highest BCUT2D eigenvalue weighted by molar-refractivity contribution is 7.90. The summed E-state index contributed by atoms with van der Waals surface area (Å²) in [4.78, 5) is 12.5. The number of hydrogen-bond acceptors (Lipinski definition) is 4. The van der Waals surface area contributed by atoms with Gasteiger partial charge in [0.2, 0.25) is 0 Å². The lowest BCUT2D eigenvalue weighted by Gasteiger charge is -2.17. The number of benzene rings is 3. The quantitative estimate of drug-likeness (QED) is 0.414. The molecule has 0 aliphatic rings. The Morgan fingerprint density at radius 2 is 1.59 bits per heavy atom. The Labute approximate surface area is 197 Å². The summed E-state index contributed by atoms with van der Waals surface area (Å²) >= 11 is 12.2. The molecule has 2 amide bonds. The van der Waals surface area contributed by atoms with Gasteiger partial charge in [0, 0.05) is 5.69 Å². The van der Waals surface area contributed by atoms with Gasteiger partial charge < -0.3 is 15.7 Å². The highest BCUT2D eigenvalue weighted by Crippen LogP contribution is 2.29. The maximum atomic E-state index is 12.7. The Hall–Kier alpha value is -2.58. The first-order valence-electron chi connectivity index (χ1n) is 9.72. The number of sulfone groups is 1. The standard InChI is InChI=1S/C23H22Cl2N2O4S/c1-15(20-3-2-4-21(24)22(20)25)26-23(29)27-18-9-11-19(12-10-18)32(30,31)14-17-7-5-16(13-28)6-8-17/h2-12,15,28H,13-14H2,1H3,(H2,26,27,29)/t15-/m0/s1. The highest BCUT2D eigenvalue weighted by Gasteiger charge is 2.17. The van der Waals surface area contributed by atoms with Crippen LogP contribution in [0.5, 0.6) is 0 Å². The topological polar surface area (TPSA) is 95.5 Å². The molecule has 3 N–H and O–H groups in total. The first-order valence-corrected chi connectivity index (χ1v) is 12.1. The summed E-state index contributed by atoms with van der Waals surface area (Å²) in [6.45, 7) is 1.68. The summed E-state index contributed by atoms with van der Waals surface area (Å²) in [5, 5.41) is 15.3. The number of anilines is 1. The van der Waals surface area contributed by atoms with E-state index in [1.54, 1.807) is 49.4 Å². The Balaban J connectivity index is 1.63. The van der Waals surface area contributed by atoms with Gasteiger partial charge in [0.05, 0.1) is 33.3 Å². The van der Waals surface area contributed by atoms with Crippen molar-refractivity contribution in [1.82, 2.24) is 5.32 Å². The van der Waals surface area contributed by atoms with Crippen LogP contribution < -0.4 is 10.6 Å². The van der Waals surface area contributed by atoms with Crippen LogP contribution in [0, 0.1) is 0 Å². The molecule has 0 heterocycles. The van der Waals surface area contributed by atoms with Crippen LogP contribution in [-0.4, -0.2) is 19.6 Å². The van der Waals surface area contributed by atoms with Crippen LogP contribution in [0.2, 0.25) is 10.0 Å². The van der Waals surface area contributed by atoms with Crippen LogP contribution in [-0.2, 0) is 22.2 Å². The molecular weight excluding hydrogens is 471 g/mol. The van der Waals surface area contributed by atoms with E-state index in [4.69, 9.17) is 28.3 Å². The van der Waals surface area contributed by atoms with E-state index >= 15 is 0 Å². The summed E-state index contributed by atoms with van der Waals surface area (Å²) in [7, 11) is -3.56. The van der Waals surface area contributed by atoms with Gasteiger partial charge in [-0.05, 0) is 53.9 Å². The zero-order chi connectivity index (χ0) is 23.3. The molecule has 0 aliphatic heterocycles. The Bertz CT molecular complexity index is 1200. The molecule has 6 nitrogen and oxygen atoms in total. The van der Waals surface area contributed by atoms with Crippen LogP contribution in [0.15, 0.2) is 71.6 Å². The van der Waals surface area contributed by atoms with Crippen molar-refractivity contribution in [3.8, 4) is 0 Å². The Morgan fingerprint density at radius 1 is 0.969 bits per heavy atom. The number of hydrogen-bond donors (Lipinski definition) is 3. The molecule has 9 heteroatoms. The number of rotatable bonds is 7. The maximum Gasteiger partial charge on any atom is 0.319 e. The van der Waals surface area contributed by atoms with Gasteiger partial charge in [0.25, 0.3) is 0 Å². The normalized spacial score (nSPS) is 12.2. The number of carbonyl (C=O) groups is 1. The van der Waals surface area contributed by atoms with Crippen LogP contribution in [0.25, 0.3) is 0 Å². The van der Waals surface area contributed by atoms with E-state index in [9.17, 15) is 13.2 Å². The van der Waals surface area contributed by atoms with Crippen molar-refractivity contribution in [3.05, 3.63) is 93.5 Å². The molecule has 32 heavy (non-hydrogen) atoms. The maximum absolute atomic E-state index is 12.7. The zero-order valence-electron chi connectivity index (χ0n) is 17.2. The van der Waals surface area contributed by atoms with Crippen molar-refractivity contribution in [3.63, 3.8) is 0 Å². The second kappa shape index (κ2) is 10.4. The van der Waals surface area contributed by atoms with Crippen molar-refractivity contribution in [2.45, 2.75) is 30.2 Å². The lowest BCUT2D eigenvalue weighted by molar-refractivity contribution is 0.249. The molecule has 0 saturated carbocycles. The first kappa shape index (κ1) is 24.1. The number of urea groups is 1. The minimum Gasteiger partial charge on any atom is -0.392 e. The van der Waals surface area contributed by atoms with E-state index in [1.807, 2.05) is 0 Å². The fourth-order valence-corrected chi connectivity index (χ4v) is 4.91. The molecule has 0 spiro atoms. The largest absolute Gasteiger partial charge is 0.392 e. The third-order valence-electron chi connectivity index (χ3n) is 4.83. The molecular formula is C23H22Cl2N2O4S. The summed E-state index contributed by atoms with van der Waals surface area (Å²) in [5.41, 5.74) is 2.46. The number of aliphatic hydroxyl groups is 1. The molecule has 0 bridgehead atoms. The summed E-state index contributed by atoms with van der Waals surface area (Å²) in [6, 6.07) is 17.0. The molecule has 1 atom stereocenters. The SMILES string of the molecule is C[C@H](NC(=O)Nc1ccc(S(=O)(=O)Cc2ccc(CO)cc2)cc1)c1cccc(Cl)c1Cl. The van der Waals surface area contributed by atoms with Crippen LogP contribution in [0.3, 0.4) is 0 Å². The van der Waals surface area contributed by atoms with Gasteiger partial charge in [-0.1, -0.05) is 59.6 Å². The van der Waals surface area contributed by atoms with Gasteiger partial charge in [0.1, 0.15) is 0 Å². The van der Waals surface area contributed by atoms with Gasteiger partial charge in [-0.3, -0.25) is 0 Å². The van der Waals surface area contributed by atoms with Crippen LogP contribution in [0.4, 0.5) is 10.5 Å². The van der Waals surface area contributed by atoms with Gasteiger partial charge in [-0.25, -0.2) is 13.2 Å². The van der Waals surface area contributed by atoms with Gasteiger partial charge in [0.15, 0.2) is 9.84 Å². The van der Waals surface area contributed by atoms with E-state index in [-0.39, 0.29) is 17.3 Å². The van der Waals surface area contributed by atoms with E-state index in [0.717, 1.165) is 0 Å². The number of nitrogens with one attached hydrogen (secondary N) is 2. The van der Waals surface area contributed by atoms with Crippen LogP contribution >= 0.6 is 23.2 Å². The molecule has 3 rings (SSSR count). The average molecular weight is 493 g/mol. The second-order valence-corrected chi connectivity index (χ2v) is 10.00. The number of carbonyl (C=O) groups excluding carboxylic acids is 1. The predicted molar refractivity (Wildman–Crippen MR) is 127 cm³/mol. The van der Waals surface area contributed by atoms with Crippen molar-refractivity contribution in [2.75, 3.05) is 5.32 Å². The van der Waals surface area contributed by atoms with Crippen molar-refractivity contribution in [1.29, 1.82) is 0 Å². The molecule has 0 aliphatic carbocycles. The number of halogens is 2. The van der Waals surface area contributed by atoms with E-state index < -0.39 is 21.9 Å². The minimum absolute atomic E-state index is 0.0972. The van der Waals surface area contributed by atoms with Gasteiger partial charge in [-0.2, -0.15) is 0 Å². The van der Waals surface area contributed by atoms with E-state index in [1.165, 1.54) is 24.3 Å². The molecule has 168 valence electrons. The minimum atomic E-state index is -3.56. The van der Waals surface area contributed by atoms with Crippen LogP contribution in [0.1, 0.15) is 29.7 Å². The van der Waals surface area contributed by atoms with Gasteiger partial charge >= 0.3 is 6.03 Å². The molecule has 0 unspecified atom stereocenters. The highest BCUT2D eigenvalue weighted by atomic mass is 35.5. The lowest BCUT2D eigenvalue weighted by Crippen LogP contribution is -2.31. The van der Waals surface area contributed by atoms with E-state index in [0.29, 0.717) is 32.4 Å². The average Bonchev–Trinajstić information content (AvgIpc) is 2.76. The molecule has 3 aromatic carbocycles. The van der Waals surface area contributed by atoms with Crippen molar-refractivity contribution < 1.29 is 18.3 Å². The smallest absolute Gasteiger partial charge is 0.319 e. The predicted octanol–water partition coefficient (Wildman–Crippen LogP) is 5.34. The van der Waals surface area contributed by atoms with Crippen molar-refractivity contribution >= 4 is 44.8 Å². The second-order valence-electron chi connectivity index (χ2n) is 7.22. The number of amides is 2. The summed E-state index contributed by atoms with van der Waals surface area (Å²) in [5.74, 6) is -0.163. The Morgan fingerprint density at radius 3 is 2.22 bits per heavy atom.